The van der Waals surface area contributed by atoms with Crippen molar-refractivity contribution >= 4 is 81.7 Å². The third kappa shape index (κ3) is 3.44. The summed E-state index contributed by atoms with van der Waals surface area (Å²) in [5.41, 5.74) is 5.88. The molecule has 0 aliphatic heterocycles. The van der Waals surface area contributed by atoms with Gasteiger partial charge in [-0.3, -0.25) is 0 Å². The van der Waals surface area contributed by atoms with Gasteiger partial charge in [0.1, 0.15) is 0 Å². The van der Waals surface area contributed by atoms with Crippen LogP contribution in [0.15, 0.2) is 164 Å². The zero-order valence-corrected chi connectivity index (χ0v) is 24.5. The Hall–Kier alpha value is -5.92. The lowest BCUT2D eigenvalue weighted by atomic mass is 9.95. The van der Waals surface area contributed by atoms with Crippen LogP contribution in [0.1, 0.15) is 0 Å². The van der Waals surface area contributed by atoms with E-state index in [0.29, 0.717) is 0 Å². The minimum absolute atomic E-state index is 1.14. The molecule has 1 heteroatoms. The van der Waals surface area contributed by atoms with Crippen LogP contribution in [-0.4, -0.2) is 0 Å². The Balaban J connectivity index is 1.17. The minimum atomic E-state index is 1.14. The molecule has 10 rings (SSSR count). The first-order chi connectivity index (χ1) is 22.3. The number of fused-ring (bicyclic) bond motifs is 8. The molecule has 0 spiro atoms. The second-order valence-corrected chi connectivity index (χ2v) is 12.1. The highest BCUT2D eigenvalue weighted by atomic mass is 15.1. The number of para-hydroxylation sites is 2. The van der Waals surface area contributed by atoms with Crippen LogP contribution in [0.2, 0.25) is 0 Å². The van der Waals surface area contributed by atoms with Crippen LogP contribution in [0.5, 0.6) is 0 Å². The lowest BCUT2D eigenvalue weighted by molar-refractivity contribution is 1.28. The van der Waals surface area contributed by atoms with E-state index in [4.69, 9.17) is 0 Å². The highest BCUT2D eigenvalue weighted by Crippen LogP contribution is 2.50. The zero-order valence-electron chi connectivity index (χ0n) is 24.5. The summed E-state index contributed by atoms with van der Waals surface area (Å²) in [6, 6.07) is 59.8. The quantitative estimate of drug-likeness (QED) is 0.191. The third-order valence-electron chi connectivity index (χ3n) is 9.72. The molecule has 0 heterocycles. The van der Waals surface area contributed by atoms with Crippen LogP contribution >= 0.6 is 0 Å². The summed E-state index contributed by atoms with van der Waals surface area (Å²) in [4.78, 5) is 2.31. The molecule has 0 bridgehead atoms. The van der Waals surface area contributed by atoms with E-state index >= 15 is 0 Å². The van der Waals surface area contributed by atoms with E-state index in [2.05, 4.69) is 169 Å². The van der Waals surface area contributed by atoms with E-state index in [9.17, 15) is 0 Å². The molecule has 0 fully saturated rings. The van der Waals surface area contributed by atoms with Crippen molar-refractivity contribution < 1.29 is 0 Å². The first kappa shape index (κ1) is 24.5. The molecule has 0 atom stereocenters. The van der Waals surface area contributed by atoms with Gasteiger partial charge in [-0.15, -0.1) is 0 Å². The lowest BCUT2D eigenvalue weighted by Gasteiger charge is -2.25. The van der Waals surface area contributed by atoms with E-state index in [0.717, 1.165) is 17.1 Å². The number of anilines is 3. The van der Waals surface area contributed by atoms with E-state index in [1.165, 1.54) is 75.8 Å². The normalized spacial score (nSPS) is 12.0. The second-order valence-electron chi connectivity index (χ2n) is 12.1. The molecule has 1 nitrogen and oxygen atoms in total. The first-order valence-corrected chi connectivity index (χ1v) is 15.6. The van der Waals surface area contributed by atoms with E-state index in [-0.39, 0.29) is 0 Å². The van der Waals surface area contributed by atoms with Crippen molar-refractivity contribution in [1.82, 2.24) is 0 Å². The molecule has 0 amide bonds. The van der Waals surface area contributed by atoms with E-state index < -0.39 is 0 Å². The van der Waals surface area contributed by atoms with Gasteiger partial charge in [0.25, 0.3) is 0 Å². The van der Waals surface area contributed by atoms with Crippen molar-refractivity contribution in [3.63, 3.8) is 0 Å². The summed E-state index contributed by atoms with van der Waals surface area (Å²) in [6.07, 6.45) is 0. The van der Waals surface area contributed by atoms with Crippen LogP contribution in [0.3, 0.4) is 0 Å². The fourth-order valence-electron chi connectivity index (χ4n) is 7.84. The molecule has 208 valence electrons. The molecule has 0 saturated carbocycles. The molecule has 0 aliphatic rings. The summed E-state index contributed by atoms with van der Waals surface area (Å²) >= 11 is 0. The number of hydrogen-bond acceptors (Lipinski definition) is 1. The Labute approximate surface area is 260 Å². The van der Waals surface area contributed by atoms with Gasteiger partial charge in [0, 0.05) is 17.1 Å². The standard InChI is InChI=1S/C44H27N/c1-3-11-30(12-4-1)45(31-13-5-2-6-14-31)32-24-21-28(22-25-32)29-23-26-37-40(27-29)36-18-10-20-38-41-34-16-8-7-15-33(34)35-17-9-19-39(42(35)41)44(37)43(36)38/h1-27H. The topological polar surface area (TPSA) is 3.24 Å². The lowest BCUT2D eigenvalue weighted by Crippen LogP contribution is -2.09. The van der Waals surface area contributed by atoms with Crippen LogP contribution in [0.4, 0.5) is 17.1 Å². The number of hydrogen-bond donors (Lipinski definition) is 0. The summed E-state index contributed by atoms with van der Waals surface area (Å²) in [7, 11) is 0. The van der Waals surface area contributed by atoms with Gasteiger partial charge in [0.15, 0.2) is 0 Å². The average Bonchev–Trinajstić information content (AvgIpc) is 3.63. The maximum absolute atomic E-state index is 2.40. The number of nitrogens with zero attached hydrogens (tertiary/aromatic N) is 1. The van der Waals surface area contributed by atoms with Gasteiger partial charge in [-0.25, -0.2) is 0 Å². The van der Waals surface area contributed by atoms with Crippen molar-refractivity contribution in [2.75, 3.05) is 4.90 Å². The van der Waals surface area contributed by atoms with Gasteiger partial charge in [0.2, 0.25) is 0 Å². The fourth-order valence-corrected chi connectivity index (χ4v) is 7.84. The van der Waals surface area contributed by atoms with Crippen LogP contribution in [-0.2, 0) is 0 Å². The number of rotatable bonds is 4. The highest BCUT2D eigenvalue weighted by molar-refractivity contribution is 6.47. The molecule has 0 saturated heterocycles. The van der Waals surface area contributed by atoms with Crippen molar-refractivity contribution in [2.24, 2.45) is 0 Å². The van der Waals surface area contributed by atoms with Gasteiger partial charge in [0.05, 0.1) is 0 Å². The Morgan fingerprint density at radius 1 is 0.244 bits per heavy atom. The summed E-state index contributed by atoms with van der Waals surface area (Å²) < 4.78 is 0. The molecular formula is C44H27N. The van der Waals surface area contributed by atoms with Gasteiger partial charge in [-0.05, 0) is 118 Å². The predicted molar refractivity (Wildman–Crippen MR) is 194 cm³/mol. The molecule has 0 N–H and O–H groups in total. The Morgan fingerprint density at radius 3 is 1.22 bits per heavy atom. The van der Waals surface area contributed by atoms with Gasteiger partial charge in [-0.2, -0.15) is 0 Å². The summed E-state index contributed by atoms with van der Waals surface area (Å²) in [5, 5.41) is 16.3. The van der Waals surface area contributed by atoms with Gasteiger partial charge in [-0.1, -0.05) is 121 Å². The van der Waals surface area contributed by atoms with Crippen molar-refractivity contribution in [3.05, 3.63) is 164 Å². The van der Waals surface area contributed by atoms with E-state index in [1.54, 1.807) is 0 Å². The first-order valence-electron chi connectivity index (χ1n) is 15.6. The molecule has 0 aliphatic carbocycles. The van der Waals surface area contributed by atoms with Gasteiger partial charge >= 0.3 is 0 Å². The Bertz CT molecular complexity index is 2630. The predicted octanol–water partition coefficient (Wildman–Crippen LogP) is 12.6. The largest absolute Gasteiger partial charge is 0.311 e. The molecule has 45 heavy (non-hydrogen) atoms. The zero-order chi connectivity index (χ0) is 29.5. The van der Waals surface area contributed by atoms with Gasteiger partial charge < -0.3 is 4.90 Å². The maximum atomic E-state index is 2.40. The number of benzene rings is 8. The molecule has 0 radical (unpaired) electrons. The summed E-state index contributed by atoms with van der Waals surface area (Å²) in [6.45, 7) is 0. The maximum Gasteiger partial charge on any atom is 0.0462 e. The van der Waals surface area contributed by atoms with E-state index in [1.807, 2.05) is 0 Å². The smallest absolute Gasteiger partial charge is 0.0462 e. The third-order valence-corrected chi connectivity index (χ3v) is 9.72. The molecule has 0 aromatic heterocycles. The molecule has 10 aromatic carbocycles. The van der Waals surface area contributed by atoms with Crippen molar-refractivity contribution in [2.45, 2.75) is 0 Å². The monoisotopic (exact) mass is 569 g/mol. The fraction of sp³-hybridized carbons (Fsp3) is 0. The minimum Gasteiger partial charge on any atom is -0.311 e. The van der Waals surface area contributed by atoms with Crippen molar-refractivity contribution in [3.8, 4) is 11.1 Å². The van der Waals surface area contributed by atoms with Crippen LogP contribution < -0.4 is 4.90 Å². The molecular weight excluding hydrogens is 542 g/mol. The van der Waals surface area contributed by atoms with Crippen LogP contribution in [0, 0.1) is 0 Å². The van der Waals surface area contributed by atoms with Crippen molar-refractivity contribution in [1.29, 1.82) is 0 Å². The molecule has 10 aromatic rings. The Kier molecular flexibility index (Phi) is 5.06. The summed E-state index contributed by atoms with van der Waals surface area (Å²) in [5.74, 6) is 0. The highest BCUT2D eigenvalue weighted by Gasteiger charge is 2.21. The SMILES string of the molecule is c1ccc(N(c2ccccc2)c2ccc(-c3ccc4c(c3)c3cccc5c6c7ccccc7c7cccc(c76)c4c35)cc2)cc1. The Morgan fingerprint density at radius 2 is 0.644 bits per heavy atom. The van der Waals surface area contributed by atoms with Crippen LogP contribution in [0.25, 0.3) is 75.8 Å². The molecule has 0 unspecified atom stereocenters. The second kappa shape index (κ2) is 9.29. The average molecular weight is 570 g/mol.